The Hall–Kier alpha value is -0.640. The maximum Gasteiger partial charge on any atom is 0.0345 e. The molecule has 0 amide bonds. The molecule has 0 radical (unpaired) electrons. The number of nitrogens with two attached hydrogens (primary N) is 1. The molecule has 1 heterocycles. The second kappa shape index (κ2) is 5.16. The van der Waals surface area contributed by atoms with E-state index in [4.69, 9.17) is 5.73 Å². The zero-order chi connectivity index (χ0) is 13.3. The zero-order valence-corrected chi connectivity index (χ0v) is 13.4. The minimum Gasteiger partial charge on any atom is -0.330 e. The molecular weight excluding hydrogens is 306 g/mol. The molecule has 0 saturated heterocycles. The van der Waals surface area contributed by atoms with Crippen molar-refractivity contribution in [1.82, 2.24) is 0 Å². The average molecular weight is 324 g/mol. The second-order valence-corrected chi connectivity index (χ2v) is 7.02. The van der Waals surface area contributed by atoms with Gasteiger partial charge in [-0.05, 0) is 47.2 Å². The highest BCUT2D eigenvalue weighted by Gasteiger charge is 2.20. The van der Waals surface area contributed by atoms with Gasteiger partial charge in [0.25, 0.3) is 0 Å². The van der Waals surface area contributed by atoms with E-state index >= 15 is 0 Å². The maximum atomic E-state index is 5.83. The van der Waals surface area contributed by atoms with Crippen molar-refractivity contribution in [3.8, 4) is 10.4 Å². The molecule has 3 heteroatoms. The lowest BCUT2D eigenvalue weighted by Crippen LogP contribution is -2.27. The van der Waals surface area contributed by atoms with Crippen LogP contribution in [-0.4, -0.2) is 6.54 Å². The normalized spacial score (nSPS) is 11.8. The van der Waals surface area contributed by atoms with Crippen molar-refractivity contribution in [2.45, 2.75) is 26.2 Å². The molecule has 1 nitrogen and oxygen atoms in total. The zero-order valence-electron chi connectivity index (χ0n) is 11.0. The Morgan fingerprint density at radius 3 is 2.61 bits per heavy atom. The highest BCUT2D eigenvalue weighted by Crippen LogP contribution is 2.34. The van der Waals surface area contributed by atoms with E-state index in [1.54, 1.807) is 11.3 Å². The molecule has 0 aliphatic carbocycles. The Kier molecular flexibility index (Phi) is 3.95. The number of thiophene rings is 1. The summed E-state index contributed by atoms with van der Waals surface area (Å²) in [5, 5.41) is 2.22. The summed E-state index contributed by atoms with van der Waals surface area (Å²) in [6, 6.07) is 8.75. The minimum absolute atomic E-state index is 0.0547. The van der Waals surface area contributed by atoms with Crippen LogP contribution in [-0.2, 0) is 5.41 Å². The summed E-state index contributed by atoms with van der Waals surface area (Å²) in [5.41, 5.74) is 9.75. The number of benzene rings is 1. The summed E-state index contributed by atoms with van der Waals surface area (Å²) < 4.78 is 1.16. The number of aryl methyl sites for hydroxylation is 1. The summed E-state index contributed by atoms with van der Waals surface area (Å²) in [4.78, 5) is 1.31. The van der Waals surface area contributed by atoms with Crippen LogP contribution in [0.5, 0.6) is 0 Å². The molecule has 0 atom stereocenters. The summed E-state index contributed by atoms with van der Waals surface area (Å²) in [6.45, 7) is 7.16. The standard InChI is InChI=1S/C15H18BrNS/c1-10-6-11(4-5-13(10)16)14-7-12(8-18-14)15(2,3)9-17/h4-8H,9,17H2,1-3H3. The summed E-state index contributed by atoms with van der Waals surface area (Å²) >= 11 is 5.33. The highest BCUT2D eigenvalue weighted by molar-refractivity contribution is 9.10. The number of hydrogen-bond donors (Lipinski definition) is 1. The van der Waals surface area contributed by atoms with Gasteiger partial charge in [-0.15, -0.1) is 11.3 Å². The van der Waals surface area contributed by atoms with Gasteiger partial charge in [-0.2, -0.15) is 0 Å². The molecule has 0 aliphatic heterocycles. The van der Waals surface area contributed by atoms with Crippen molar-refractivity contribution in [3.63, 3.8) is 0 Å². The maximum absolute atomic E-state index is 5.83. The van der Waals surface area contributed by atoms with Crippen LogP contribution in [0.1, 0.15) is 25.0 Å². The molecule has 2 aromatic rings. The lowest BCUT2D eigenvalue weighted by atomic mass is 9.86. The molecule has 0 saturated carbocycles. The molecule has 0 bridgehead atoms. The van der Waals surface area contributed by atoms with E-state index in [0.29, 0.717) is 6.54 Å². The fourth-order valence-corrected chi connectivity index (χ4v) is 3.10. The third-order valence-corrected chi connectivity index (χ3v) is 5.20. The summed E-state index contributed by atoms with van der Waals surface area (Å²) in [7, 11) is 0. The van der Waals surface area contributed by atoms with E-state index in [1.807, 2.05) is 0 Å². The first-order valence-electron chi connectivity index (χ1n) is 5.99. The molecule has 0 unspecified atom stereocenters. The molecule has 96 valence electrons. The molecule has 1 aromatic heterocycles. The van der Waals surface area contributed by atoms with Crippen molar-refractivity contribution in [2.24, 2.45) is 5.73 Å². The van der Waals surface area contributed by atoms with Crippen LogP contribution in [0.4, 0.5) is 0 Å². The van der Waals surface area contributed by atoms with Crippen LogP contribution in [0.25, 0.3) is 10.4 Å². The Morgan fingerprint density at radius 2 is 2.00 bits per heavy atom. The highest BCUT2D eigenvalue weighted by atomic mass is 79.9. The van der Waals surface area contributed by atoms with Crippen LogP contribution in [0.2, 0.25) is 0 Å². The molecule has 0 spiro atoms. The summed E-state index contributed by atoms with van der Waals surface area (Å²) in [6.07, 6.45) is 0. The average Bonchev–Trinajstić information content (AvgIpc) is 2.83. The van der Waals surface area contributed by atoms with Crippen molar-refractivity contribution in [2.75, 3.05) is 6.54 Å². The molecular formula is C15H18BrNS. The number of hydrogen-bond acceptors (Lipinski definition) is 2. The van der Waals surface area contributed by atoms with Gasteiger partial charge in [0, 0.05) is 21.3 Å². The van der Waals surface area contributed by atoms with Gasteiger partial charge in [-0.1, -0.05) is 35.8 Å². The predicted molar refractivity (Wildman–Crippen MR) is 84.3 cm³/mol. The van der Waals surface area contributed by atoms with Crippen LogP contribution in [0.3, 0.4) is 0 Å². The third kappa shape index (κ3) is 2.68. The first kappa shape index (κ1) is 13.8. The van der Waals surface area contributed by atoms with E-state index < -0.39 is 0 Å². The minimum atomic E-state index is 0.0547. The van der Waals surface area contributed by atoms with Gasteiger partial charge < -0.3 is 5.73 Å². The molecule has 2 N–H and O–H groups in total. The van der Waals surface area contributed by atoms with E-state index in [-0.39, 0.29) is 5.41 Å². The quantitative estimate of drug-likeness (QED) is 0.868. The van der Waals surface area contributed by atoms with Crippen LogP contribution in [0.15, 0.2) is 34.1 Å². The van der Waals surface area contributed by atoms with Gasteiger partial charge in [0.2, 0.25) is 0 Å². The largest absolute Gasteiger partial charge is 0.330 e. The van der Waals surface area contributed by atoms with Gasteiger partial charge in [-0.3, -0.25) is 0 Å². The predicted octanol–water partition coefficient (Wildman–Crippen LogP) is 4.72. The van der Waals surface area contributed by atoms with Crippen molar-refractivity contribution >= 4 is 27.3 Å². The molecule has 1 aromatic carbocycles. The lowest BCUT2D eigenvalue weighted by Gasteiger charge is -2.20. The third-order valence-electron chi connectivity index (χ3n) is 3.33. The molecule has 0 aliphatic rings. The van der Waals surface area contributed by atoms with E-state index in [9.17, 15) is 0 Å². The molecule has 2 rings (SSSR count). The Bertz CT molecular complexity index is 557. The monoisotopic (exact) mass is 323 g/mol. The van der Waals surface area contributed by atoms with Gasteiger partial charge in [-0.25, -0.2) is 0 Å². The fourth-order valence-electron chi connectivity index (χ4n) is 1.76. The van der Waals surface area contributed by atoms with Crippen LogP contribution >= 0.6 is 27.3 Å². The van der Waals surface area contributed by atoms with Crippen LogP contribution in [0, 0.1) is 6.92 Å². The Balaban J connectivity index is 2.38. The number of halogens is 1. The van der Waals surface area contributed by atoms with Gasteiger partial charge in [0.15, 0.2) is 0 Å². The SMILES string of the molecule is Cc1cc(-c2cc(C(C)(C)CN)cs2)ccc1Br. The fraction of sp³-hybridized carbons (Fsp3) is 0.333. The van der Waals surface area contributed by atoms with Crippen molar-refractivity contribution < 1.29 is 0 Å². The van der Waals surface area contributed by atoms with E-state index in [2.05, 4.69) is 66.3 Å². The summed E-state index contributed by atoms with van der Waals surface area (Å²) in [5.74, 6) is 0. The first-order valence-corrected chi connectivity index (χ1v) is 7.67. The smallest absolute Gasteiger partial charge is 0.0345 e. The molecule has 18 heavy (non-hydrogen) atoms. The van der Waals surface area contributed by atoms with Gasteiger partial charge in [0.05, 0.1) is 0 Å². The second-order valence-electron chi connectivity index (χ2n) is 5.25. The first-order chi connectivity index (χ1) is 8.44. The van der Waals surface area contributed by atoms with Crippen molar-refractivity contribution in [1.29, 1.82) is 0 Å². The Morgan fingerprint density at radius 1 is 1.28 bits per heavy atom. The van der Waals surface area contributed by atoms with E-state index in [0.717, 1.165) is 4.47 Å². The van der Waals surface area contributed by atoms with Crippen LogP contribution < -0.4 is 5.73 Å². The molecule has 0 fully saturated rings. The number of rotatable bonds is 3. The van der Waals surface area contributed by atoms with Gasteiger partial charge in [0.1, 0.15) is 0 Å². The van der Waals surface area contributed by atoms with Crippen molar-refractivity contribution in [3.05, 3.63) is 45.2 Å². The Labute approximate surface area is 121 Å². The van der Waals surface area contributed by atoms with Gasteiger partial charge >= 0.3 is 0 Å². The topological polar surface area (TPSA) is 26.0 Å². The van der Waals surface area contributed by atoms with E-state index in [1.165, 1.54) is 21.6 Å². The lowest BCUT2D eigenvalue weighted by molar-refractivity contribution is 0.541.